The maximum absolute atomic E-state index is 13.1. The topological polar surface area (TPSA) is 99.0 Å². The van der Waals surface area contributed by atoms with Gasteiger partial charge in [-0.25, -0.2) is 0 Å². The van der Waals surface area contributed by atoms with Crippen molar-refractivity contribution in [1.82, 2.24) is 15.0 Å². The number of nitrogens with one attached hydrogen (secondary N) is 1. The van der Waals surface area contributed by atoms with Crippen molar-refractivity contribution < 1.29 is 23.5 Å². The predicted molar refractivity (Wildman–Crippen MR) is 147 cm³/mol. The minimum Gasteiger partial charge on any atom is -0.497 e. The summed E-state index contributed by atoms with van der Waals surface area (Å²) < 4.78 is 21.9. The van der Waals surface area contributed by atoms with Gasteiger partial charge < -0.3 is 24.1 Å². The number of likely N-dealkylation sites (tertiary alicyclic amines) is 1. The highest BCUT2D eigenvalue weighted by Crippen LogP contribution is 2.34. The summed E-state index contributed by atoms with van der Waals surface area (Å²) in [6, 6.07) is 19.9. The summed E-state index contributed by atoms with van der Waals surface area (Å²) in [5.74, 6) is 3.53. The van der Waals surface area contributed by atoms with E-state index in [1.54, 1.807) is 44.6 Å². The molecule has 2 heterocycles. The molecule has 1 saturated heterocycles. The fourth-order valence-corrected chi connectivity index (χ4v) is 4.59. The van der Waals surface area contributed by atoms with E-state index in [-0.39, 0.29) is 11.8 Å². The van der Waals surface area contributed by atoms with Gasteiger partial charge in [-0.05, 0) is 92.7 Å². The molecule has 1 amide bonds. The van der Waals surface area contributed by atoms with E-state index < -0.39 is 0 Å². The lowest BCUT2D eigenvalue weighted by Crippen LogP contribution is -2.37. The zero-order chi connectivity index (χ0) is 27.2. The van der Waals surface area contributed by atoms with Crippen LogP contribution in [-0.2, 0) is 11.3 Å². The van der Waals surface area contributed by atoms with Crippen molar-refractivity contribution in [2.75, 3.05) is 32.6 Å². The molecule has 0 atom stereocenters. The zero-order valence-electron chi connectivity index (χ0n) is 21.7. The Kier molecular flexibility index (Phi) is 8.29. The standard InChI is InChI=1S/C29H29ClN4O5/c1-36-22-6-3-19(4-7-22)28-32-27(39-33-28)18-34-15-13-20(14-16-34)29(35)31-25-17-21(30)5-12-26(25)38-24-10-8-23(37-2)9-11-24/h3-12,17,20H,13-16,18H2,1-2H3,(H,31,35). The van der Waals surface area contributed by atoms with Crippen molar-refractivity contribution in [2.24, 2.45) is 5.92 Å². The number of nitrogens with zero attached hydrogens (tertiary/aromatic N) is 3. The predicted octanol–water partition coefficient (Wildman–Crippen LogP) is 6.05. The Bertz CT molecular complexity index is 1400. The van der Waals surface area contributed by atoms with Gasteiger partial charge in [-0.15, -0.1) is 0 Å². The van der Waals surface area contributed by atoms with Crippen molar-refractivity contribution in [1.29, 1.82) is 0 Å². The number of aromatic nitrogens is 2. The number of hydrogen-bond donors (Lipinski definition) is 1. The molecule has 0 unspecified atom stereocenters. The molecule has 1 fully saturated rings. The first-order chi connectivity index (χ1) is 19.0. The van der Waals surface area contributed by atoms with Crippen molar-refractivity contribution in [2.45, 2.75) is 19.4 Å². The Morgan fingerprint density at radius 1 is 0.974 bits per heavy atom. The molecular weight excluding hydrogens is 520 g/mol. The first kappa shape index (κ1) is 26.5. The van der Waals surface area contributed by atoms with Gasteiger partial charge in [-0.3, -0.25) is 9.69 Å². The van der Waals surface area contributed by atoms with E-state index >= 15 is 0 Å². The Morgan fingerprint density at radius 2 is 1.62 bits per heavy atom. The SMILES string of the molecule is COc1ccc(Oc2ccc(Cl)cc2NC(=O)C2CCN(Cc3nc(-c4ccc(OC)cc4)no3)CC2)cc1. The van der Waals surface area contributed by atoms with E-state index in [9.17, 15) is 4.79 Å². The summed E-state index contributed by atoms with van der Waals surface area (Å²) in [6.45, 7) is 2.01. The quantitative estimate of drug-likeness (QED) is 0.270. The van der Waals surface area contributed by atoms with E-state index in [1.165, 1.54) is 0 Å². The number of amides is 1. The molecule has 4 aromatic rings. The highest BCUT2D eigenvalue weighted by Gasteiger charge is 2.27. The van der Waals surface area contributed by atoms with Crippen LogP contribution >= 0.6 is 11.6 Å². The molecular formula is C29H29ClN4O5. The first-order valence-electron chi connectivity index (χ1n) is 12.6. The Hall–Kier alpha value is -4.08. The highest BCUT2D eigenvalue weighted by molar-refractivity contribution is 6.31. The third-order valence-electron chi connectivity index (χ3n) is 6.62. The Balaban J connectivity index is 1.15. The maximum Gasteiger partial charge on any atom is 0.241 e. The fourth-order valence-electron chi connectivity index (χ4n) is 4.42. The number of ether oxygens (including phenoxy) is 3. The number of carbonyl (C=O) groups excluding carboxylic acids is 1. The number of methoxy groups -OCH3 is 2. The van der Waals surface area contributed by atoms with Gasteiger partial charge in [0.05, 0.1) is 26.5 Å². The van der Waals surface area contributed by atoms with Gasteiger partial charge in [-0.1, -0.05) is 16.8 Å². The molecule has 3 aromatic carbocycles. The number of carbonyl (C=O) groups is 1. The van der Waals surface area contributed by atoms with Gasteiger partial charge >= 0.3 is 0 Å². The Labute approximate surface area is 231 Å². The fraction of sp³-hybridized carbons (Fsp3) is 0.276. The van der Waals surface area contributed by atoms with E-state index in [4.69, 9.17) is 30.3 Å². The van der Waals surface area contributed by atoms with Gasteiger partial charge in [0.15, 0.2) is 5.75 Å². The molecule has 0 spiro atoms. The molecule has 1 aliphatic heterocycles. The van der Waals surface area contributed by atoms with Gasteiger partial charge in [0.2, 0.25) is 17.6 Å². The third-order valence-corrected chi connectivity index (χ3v) is 6.86. The van der Waals surface area contributed by atoms with Gasteiger partial charge in [0.25, 0.3) is 0 Å². The number of benzene rings is 3. The average Bonchev–Trinajstić information content (AvgIpc) is 3.43. The number of piperidine rings is 1. The van der Waals surface area contributed by atoms with Gasteiger partial charge in [0, 0.05) is 16.5 Å². The third kappa shape index (κ3) is 6.68. The van der Waals surface area contributed by atoms with Gasteiger partial charge in [0.1, 0.15) is 17.2 Å². The molecule has 0 aliphatic carbocycles. The smallest absolute Gasteiger partial charge is 0.241 e. The molecule has 9 nitrogen and oxygen atoms in total. The molecule has 202 valence electrons. The van der Waals surface area contributed by atoms with Crippen LogP contribution < -0.4 is 19.5 Å². The number of hydrogen-bond acceptors (Lipinski definition) is 8. The highest BCUT2D eigenvalue weighted by atomic mass is 35.5. The molecule has 39 heavy (non-hydrogen) atoms. The average molecular weight is 549 g/mol. The van der Waals surface area contributed by atoms with E-state index in [2.05, 4.69) is 20.4 Å². The lowest BCUT2D eigenvalue weighted by Gasteiger charge is -2.30. The zero-order valence-corrected chi connectivity index (χ0v) is 22.5. The largest absolute Gasteiger partial charge is 0.497 e. The van der Waals surface area contributed by atoms with E-state index in [0.717, 1.165) is 30.2 Å². The lowest BCUT2D eigenvalue weighted by atomic mass is 9.96. The Morgan fingerprint density at radius 3 is 2.28 bits per heavy atom. The van der Waals surface area contributed by atoms with E-state index in [1.807, 2.05) is 36.4 Å². The second-order valence-corrected chi connectivity index (χ2v) is 9.63. The molecule has 10 heteroatoms. The minimum atomic E-state index is -0.133. The second kappa shape index (κ2) is 12.2. The molecule has 1 aromatic heterocycles. The van der Waals surface area contributed by atoms with Crippen LogP contribution in [0.15, 0.2) is 71.3 Å². The van der Waals surface area contributed by atoms with Crippen LogP contribution in [-0.4, -0.2) is 48.3 Å². The summed E-state index contributed by atoms with van der Waals surface area (Å²) in [4.78, 5) is 19.9. The summed E-state index contributed by atoms with van der Waals surface area (Å²) in [6.07, 6.45) is 1.42. The molecule has 1 aliphatic rings. The van der Waals surface area contributed by atoms with Crippen LogP contribution in [0, 0.1) is 5.92 Å². The summed E-state index contributed by atoms with van der Waals surface area (Å²) in [5.41, 5.74) is 1.39. The molecule has 1 N–H and O–H groups in total. The number of rotatable bonds is 9. The molecule has 0 saturated carbocycles. The summed E-state index contributed by atoms with van der Waals surface area (Å²) in [7, 11) is 3.24. The molecule has 0 radical (unpaired) electrons. The summed E-state index contributed by atoms with van der Waals surface area (Å²) in [5, 5.41) is 7.63. The van der Waals surface area contributed by atoms with Crippen LogP contribution in [0.2, 0.25) is 5.02 Å². The summed E-state index contributed by atoms with van der Waals surface area (Å²) >= 11 is 6.22. The molecule has 0 bridgehead atoms. The van der Waals surface area contributed by atoms with Crippen LogP contribution in [0.1, 0.15) is 18.7 Å². The monoisotopic (exact) mass is 548 g/mol. The number of anilines is 1. The second-order valence-electron chi connectivity index (χ2n) is 9.20. The van der Waals surface area contributed by atoms with Crippen molar-refractivity contribution in [3.8, 4) is 34.4 Å². The first-order valence-corrected chi connectivity index (χ1v) is 13.0. The van der Waals surface area contributed by atoms with Crippen LogP contribution in [0.4, 0.5) is 5.69 Å². The van der Waals surface area contributed by atoms with Crippen LogP contribution in [0.5, 0.6) is 23.0 Å². The van der Waals surface area contributed by atoms with E-state index in [0.29, 0.717) is 53.3 Å². The lowest BCUT2D eigenvalue weighted by molar-refractivity contribution is -0.121. The van der Waals surface area contributed by atoms with Crippen molar-refractivity contribution >= 4 is 23.2 Å². The van der Waals surface area contributed by atoms with Crippen LogP contribution in [0.3, 0.4) is 0 Å². The van der Waals surface area contributed by atoms with Crippen molar-refractivity contribution in [3.63, 3.8) is 0 Å². The van der Waals surface area contributed by atoms with Crippen molar-refractivity contribution in [3.05, 3.63) is 77.6 Å². The molecule has 5 rings (SSSR count). The van der Waals surface area contributed by atoms with Gasteiger partial charge in [-0.2, -0.15) is 4.98 Å². The number of halogens is 1. The maximum atomic E-state index is 13.1. The normalized spacial score (nSPS) is 14.1. The minimum absolute atomic E-state index is 0.0592. The van der Waals surface area contributed by atoms with Crippen LogP contribution in [0.25, 0.3) is 11.4 Å².